The van der Waals surface area contributed by atoms with Crippen molar-refractivity contribution in [3.8, 4) is 0 Å². The van der Waals surface area contributed by atoms with Crippen LogP contribution in [0.4, 0.5) is 5.82 Å². The minimum atomic E-state index is -0.310. The molecule has 0 saturated carbocycles. The lowest BCUT2D eigenvalue weighted by Crippen LogP contribution is -2.37. The number of hydrogen-bond acceptors (Lipinski definition) is 6. The fourth-order valence-electron chi connectivity index (χ4n) is 4.36. The molecule has 0 radical (unpaired) electrons. The van der Waals surface area contributed by atoms with Gasteiger partial charge in [0.25, 0.3) is 0 Å². The maximum atomic E-state index is 12.9. The first-order valence-corrected chi connectivity index (χ1v) is 10.7. The van der Waals surface area contributed by atoms with Crippen LogP contribution in [0.1, 0.15) is 67.3 Å². The van der Waals surface area contributed by atoms with Crippen LogP contribution in [-0.2, 0) is 4.74 Å². The SMILES string of the molecule is CCOC(=O)c1c(N2CCCC(c3nncn3C(C)C)C2)nc2ccccc2c1C. The molecule has 1 fully saturated rings. The molecule has 0 N–H and O–H groups in total. The van der Waals surface area contributed by atoms with E-state index in [2.05, 4.69) is 33.5 Å². The summed E-state index contributed by atoms with van der Waals surface area (Å²) in [5.41, 5.74) is 2.38. The molecule has 7 nitrogen and oxygen atoms in total. The van der Waals surface area contributed by atoms with Crippen molar-refractivity contribution in [2.45, 2.75) is 52.5 Å². The quantitative estimate of drug-likeness (QED) is 0.588. The molecule has 30 heavy (non-hydrogen) atoms. The van der Waals surface area contributed by atoms with E-state index in [0.717, 1.165) is 48.2 Å². The van der Waals surface area contributed by atoms with Crippen molar-refractivity contribution in [1.29, 1.82) is 0 Å². The predicted molar refractivity (Wildman–Crippen MR) is 117 cm³/mol. The molecule has 0 amide bonds. The average molecular weight is 408 g/mol. The number of ether oxygens (including phenoxy) is 1. The van der Waals surface area contributed by atoms with Gasteiger partial charge in [-0.1, -0.05) is 18.2 Å². The van der Waals surface area contributed by atoms with E-state index >= 15 is 0 Å². The van der Waals surface area contributed by atoms with E-state index in [1.807, 2.05) is 38.1 Å². The standard InChI is InChI=1S/C23H29N5O2/c1-5-30-23(29)20-16(4)18-10-6-7-11-19(18)25-22(20)27-12-8-9-17(13-27)21-26-24-14-28(21)15(2)3/h6-7,10-11,14-15,17H,5,8-9,12-13H2,1-4H3. The molecule has 3 heterocycles. The van der Waals surface area contributed by atoms with Crippen molar-refractivity contribution in [1.82, 2.24) is 19.7 Å². The topological polar surface area (TPSA) is 73.1 Å². The number of hydrogen-bond donors (Lipinski definition) is 0. The van der Waals surface area contributed by atoms with Crippen molar-refractivity contribution in [3.63, 3.8) is 0 Å². The number of esters is 1. The van der Waals surface area contributed by atoms with Gasteiger partial charge in [-0.05, 0) is 52.2 Å². The first-order valence-electron chi connectivity index (χ1n) is 10.7. The first-order chi connectivity index (χ1) is 14.5. The molecule has 1 aliphatic heterocycles. The van der Waals surface area contributed by atoms with E-state index < -0.39 is 0 Å². The van der Waals surface area contributed by atoms with Gasteiger partial charge in [0.2, 0.25) is 0 Å². The number of nitrogens with zero attached hydrogens (tertiary/aromatic N) is 5. The Labute approximate surface area is 177 Å². The van der Waals surface area contributed by atoms with Crippen molar-refractivity contribution in [2.75, 3.05) is 24.6 Å². The minimum Gasteiger partial charge on any atom is -0.462 e. The summed E-state index contributed by atoms with van der Waals surface area (Å²) in [6.45, 7) is 10.0. The van der Waals surface area contributed by atoms with Crippen molar-refractivity contribution in [3.05, 3.63) is 47.5 Å². The van der Waals surface area contributed by atoms with Gasteiger partial charge in [0.15, 0.2) is 0 Å². The summed E-state index contributed by atoms with van der Waals surface area (Å²) < 4.78 is 7.55. The van der Waals surface area contributed by atoms with Gasteiger partial charge >= 0.3 is 5.97 Å². The Morgan fingerprint density at radius 3 is 2.87 bits per heavy atom. The Hall–Kier alpha value is -2.96. The van der Waals surface area contributed by atoms with Crippen molar-refractivity contribution in [2.24, 2.45) is 0 Å². The molecule has 1 saturated heterocycles. The smallest absolute Gasteiger partial charge is 0.342 e. The largest absolute Gasteiger partial charge is 0.462 e. The number of benzene rings is 1. The Balaban J connectivity index is 1.77. The Bertz CT molecular complexity index is 1060. The number of anilines is 1. The molecule has 0 bridgehead atoms. The lowest BCUT2D eigenvalue weighted by molar-refractivity contribution is 0.0526. The molecule has 4 rings (SSSR count). The Kier molecular flexibility index (Phi) is 5.70. The number of para-hydroxylation sites is 1. The van der Waals surface area contributed by atoms with Crippen LogP contribution in [0.25, 0.3) is 10.9 Å². The van der Waals surface area contributed by atoms with Crippen molar-refractivity contribution < 1.29 is 9.53 Å². The molecule has 2 aromatic heterocycles. The van der Waals surface area contributed by atoms with Gasteiger partial charge in [-0.25, -0.2) is 9.78 Å². The summed E-state index contributed by atoms with van der Waals surface area (Å²) in [7, 11) is 0. The van der Waals surface area contributed by atoms with Gasteiger partial charge in [-0.3, -0.25) is 0 Å². The molecule has 3 aromatic rings. The number of fused-ring (bicyclic) bond motifs is 1. The maximum Gasteiger partial charge on any atom is 0.342 e. The first kappa shape index (κ1) is 20.3. The number of aromatic nitrogens is 4. The third-order valence-electron chi connectivity index (χ3n) is 5.86. The molecule has 0 spiro atoms. The third kappa shape index (κ3) is 3.64. The minimum absolute atomic E-state index is 0.243. The molecular formula is C23H29N5O2. The van der Waals surface area contributed by atoms with Gasteiger partial charge in [-0.15, -0.1) is 10.2 Å². The highest BCUT2D eigenvalue weighted by Crippen LogP contribution is 2.34. The number of carbonyl (C=O) groups is 1. The second kappa shape index (κ2) is 8.42. The Morgan fingerprint density at radius 2 is 2.10 bits per heavy atom. The van der Waals surface area contributed by atoms with Crippen LogP contribution in [0.3, 0.4) is 0 Å². The Morgan fingerprint density at radius 1 is 1.30 bits per heavy atom. The second-order valence-electron chi connectivity index (χ2n) is 8.15. The molecule has 1 atom stereocenters. The van der Waals surface area contributed by atoms with Crippen LogP contribution >= 0.6 is 0 Å². The third-order valence-corrected chi connectivity index (χ3v) is 5.86. The van der Waals surface area contributed by atoms with E-state index in [1.165, 1.54) is 0 Å². The predicted octanol–water partition coefficient (Wildman–Crippen LogP) is 4.28. The van der Waals surface area contributed by atoms with Gasteiger partial charge < -0.3 is 14.2 Å². The molecule has 1 aliphatic rings. The molecule has 7 heteroatoms. The number of rotatable bonds is 5. The highest BCUT2D eigenvalue weighted by Gasteiger charge is 2.30. The zero-order chi connectivity index (χ0) is 21.3. The highest BCUT2D eigenvalue weighted by molar-refractivity contribution is 6.02. The zero-order valence-electron chi connectivity index (χ0n) is 18.1. The van der Waals surface area contributed by atoms with Crippen LogP contribution < -0.4 is 4.90 Å². The summed E-state index contributed by atoms with van der Waals surface area (Å²) in [5.74, 6) is 1.65. The number of carbonyl (C=O) groups excluding carboxylic acids is 1. The zero-order valence-corrected chi connectivity index (χ0v) is 18.1. The summed E-state index contributed by atoms with van der Waals surface area (Å²) in [6.07, 6.45) is 3.86. The monoisotopic (exact) mass is 407 g/mol. The van der Waals surface area contributed by atoms with E-state index in [4.69, 9.17) is 9.72 Å². The lowest BCUT2D eigenvalue weighted by Gasteiger charge is -2.34. The van der Waals surface area contributed by atoms with Crippen molar-refractivity contribution >= 4 is 22.7 Å². The van der Waals surface area contributed by atoms with E-state index in [-0.39, 0.29) is 11.9 Å². The molecular weight excluding hydrogens is 378 g/mol. The molecule has 158 valence electrons. The fraction of sp³-hybridized carbons (Fsp3) is 0.478. The van der Waals surface area contributed by atoms with Gasteiger partial charge in [0.1, 0.15) is 23.5 Å². The van der Waals surface area contributed by atoms with E-state index in [9.17, 15) is 4.79 Å². The fourth-order valence-corrected chi connectivity index (χ4v) is 4.36. The molecule has 1 unspecified atom stereocenters. The summed E-state index contributed by atoms with van der Waals surface area (Å²) in [6, 6.07) is 8.27. The number of piperidine rings is 1. The molecule has 0 aliphatic carbocycles. The second-order valence-corrected chi connectivity index (χ2v) is 8.15. The van der Waals surface area contributed by atoms with Crippen LogP contribution in [0.15, 0.2) is 30.6 Å². The number of pyridine rings is 1. The van der Waals surface area contributed by atoms with Crippen LogP contribution in [-0.4, -0.2) is 45.4 Å². The maximum absolute atomic E-state index is 12.9. The van der Waals surface area contributed by atoms with E-state index in [0.29, 0.717) is 24.0 Å². The normalized spacial score (nSPS) is 17.0. The van der Waals surface area contributed by atoms with Crippen LogP contribution in [0.5, 0.6) is 0 Å². The summed E-state index contributed by atoms with van der Waals surface area (Å²) in [4.78, 5) is 20.1. The van der Waals surface area contributed by atoms with E-state index in [1.54, 1.807) is 6.33 Å². The summed E-state index contributed by atoms with van der Waals surface area (Å²) in [5, 5.41) is 9.55. The van der Waals surface area contributed by atoms with Gasteiger partial charge in [0, 0.05) is 30.4 Å². The van der Waals surface area contributed by atoms with Crippen LogP contribution in [0, 0.1) is 6.92 Å². The van der Waals surface area contributed by atoms with Gasteiger partial charge in [-0.2, -0.15) is 0 Å². The number of aryl methyl sites for hydroxylation is 1. The molecule has 1 aromatic carbocycles. The lowest BCUT2D eigenvalue weighted by atomic mass is 9.95. The van der Waals surface area contributed by atoms with Crippen LogP contribution in [0.2, 0.25) is 0 Å². The average Bonchev–Trinajstić information content (AvgIpc) is 3.24. The van der Waals surface area contributed by atoms with Gasteiger partial charge in [0.05, 0.1) is 12.1 Å². The highest BCUT2D eigenvalue weighted by atomic mass is 16.5. The summed E-state index contributed by atoms with van der Waals surface area (Å²) >= 11 is 0.